The monoisotopic (exact) mass is 270 g/mol. The Morgan fingerprint density at radius 1 is 1.53 bits per heavy atom. The van der Waals surface area contributed by atoms with Gasteiger partial charge in [0.1, 0.15) is 5.60 Å². The summed E-state index contributed by atoms with van der Waals surface area (Å²) in [6.45, 7) is 1.70. The topological polar surface area (TPSA) is 62.2 Å². The van der Waals surface area contributed by atoms with Gasteiger partial charge in [0.25, 0.3) is 5.91 Å². The van der Waals surface area contributed by atoms with Crippen molar-refractivity contribution in [2.75, 3.05) is 0 Å². The van der Waals surface area contributed by atoms with Gasteiger partial charge in [0, 0.05) is 5.69 Å². The van der Waals surface area contributed by atoms with E-state index < -0.39 is 17.4 Å². The summed E-state index contributed by atoms with van der Waals surface area (Å²) in [7, 11) is 0. The first-order chi connectivity index (χ1) is 8.85. The highest BCUT2D eigenvalue weighted by Gasteiger charge is 2.61. The van der Waals surface area contributed by atoms with Gasteiger partial charge in [0.05, 0.1) is 12.2 Å². The Morgan fingerprint density at radius 2 is 2.21 bits per heavy atom. The van der Waals surface area contributed by atoms with E-state index in [1.54, 1.807) is 25.1 Å². The number of alkyl halides is 2. The van der Waals surface area contributed by atoms with Crippen LogP contribution in [0.25, 0.3) is 0 Å². The van der Waals surface area contributed by atoms with Crippen LogP contribution < -0.4 is 5.32 Å². The summed E-state index contributed by atoms with van der Waals surface area (Å²) in [5, 5.41) is 11.8. The molecule has 1 aliphatic rings. The van der Waals surface area contributed by atoms with Gasteiger partial charge in [-0.3, -0.25) is 9.78 Å². The summed E-state index contributed by atoms with van der Waals surface area (Å²) in [4.78, 5) is 15.6. The van der Waals surface area contributed by atoms with Crippen molar-refractivity contribution >= 4 is 5.91 Å². The molecule has 2 rings (SSSR count). The first-order valence-corrected chi connectivity index (χ1v) is 6.16. The first-order valence-electron chi connectivity index (χ1n) is 6.16. The third kappa shape index (κ3) is 2.58. The minimum absolute atomic E-state index is 0.0455. The Morgan fingerprint density at radius 3 is 2.74 bits per heavy atom. The molecule has 2 N–H and O–H groups in total. The molecule has 0 aromatic carbocycles. The van der Waals surface area contributed by atoms with E-state index in [1.807, 2.05) is 0 Å². The molecule has 1 aromatic heterocycles. The van der Waals surface area contributed by atoms with Gasteiger partial charge in [-0.15, -0.1) is 0 Å². The lowest BCUT2D eigenvalue weighted by Crippen LogP contribution is -2.60. The van der Waals surface area contributed by atoms with E-state index in [2.05, 4.69) is 10.3 Å². The molecule has 0 spiro atoms. The summed E-state index contributed by atoms with van der Waals surface area (Å²) < 4.78 is 27.5. The van der Waals surface area contributed by atoms with Crippen LogP contribution >= 0.6 is 0 Å². The van der Waals surface area contributed by atoms with Gasteiger partial charge in [-0.2, -0.15) is 8.78 Å². The van der Waals surface area contributed by atoms with Crippen molar-refractivity contribution in [1.82, 2.24) is 10.3 Å². The molecule has 4 nitrogen and oxygen atoms in total. The zero-order valence-corrected chi connectivity index (χ0v) is 10.6. The molecular weight excluding hydrogens is 254 g/mol. The fraction of sp³-hybridized carbons (Fsp3) is 0.538. The maximum absolute atomic E-state index is 13.7. The Balaban J connectivity index is 1.98. The second-order valence-corrected chi connectivity index (χ2v) is 4.91. The van der Waals surface area contributed by atoms with Gasteiger partial charge >= 0.3 is 5.92 Å². The molecule has 1 aliphatic carbocycles. The van der Waals surface area contributed by atoms with Crippen LogP contribution in [0.2, 0.25) is 0 Å². The molecule has 1 aromatic rings. The largest absolute Gasteiger partial charge is 0.383 e. The number of carbonyl (C=O) groups is 1. The molecular formula is C13H16F2N2O2. The van der Waals surface area contributed by atoms with E-state index in [4.69, 9.17) is 0 Å². The van der Waals surface area contributed by atoms with Crippen molar-refractivity contribution in [2.24, 2.45) is 0 Å². The van der Waals surface area contributed by atoms with E-state index in [0.717, 1.165) is 5.69 Å². The highest BCUT2D eigenvalue weighted by molar-refractivity contribution is 5.85. The van der Waals surface area contributed by atoms with E-state index in [-0.39, 0.29) is 19.4 Å². The molecule has 0 bridgehead atoms. The Bertz CT molecular complexity index is 487. The first kappa shape index (κ1) is 13.9. The number of amides is 1. The number of aromatic nitrogens is 1. The fourth-order valence-corrected chi connectivity index (χ4v) is 2.02. The smallest absolute Gasteiger partial charge is 0.352 e. The number of hydrogen-bond acceptors (Lipinski definition) is 3. The van der Waals surface area contributed by atoms with Crippen molar-refractivity contribution in [3.05, 3.63) is 29.6 Å². The summed E-state index contributed by atoms with van der Waals surface area (Å²) >= 11 is 0. The molecule has 1 amide bonds. The minimum Gasteiger partial charge on any atom is -0.383 e. The molecule has 0 aliphatic heterocycles. The molecule has 0 atom stereocenters. The van der Waals surface area contributed by atoms with Crippen molar-refractivity contribution in [2.45, 2.75) is 44.3 Å². The Kier molecular flexibility index (Phi) is 3.54. The van der Waals surface area contributed by atoms with E-state index in [9.17, 15) is 18.7 Å². The lowest BCUT2D eigenvalue weighted by Gasteiger charge is -2.41. The van der Waals surface area contributed by atoms with Gasteiger partial charge in [-0.25, -0.2) is 0 Å². The van der Waals surface area contributed by atoms with Crippen molar-refractivity contribution in [3.8, 4) is 0 Å². The summed E-state index contributed by atoms with van der Waals surface area (Å²) in [5.74, 6) is -5.20. The number of aliphatic hydroxyl groups is 1. The van der Waals surface area contributed by atoms with Gasteiger partial charge in [-0.1, -0.05) is 6.07 Å². The normalized spacial score (nSPS) is 17.7. The predicted octanol–water partition coefficient (Wildman–Crippen LogP) is 1.56. The SMILES string of the molecule is Cc1cccc(CNC(=O)C(F)(F)C2(O)CCC2)n1. The standard InChI is InChI=1S/C13H16F2N2O2/c1-9-4-2-5-10(17-9)8-16-11(18)13(14,15)12(19)6-3-7-12/h2,4-5,19H,3,6-8H2,1H3,(H,16,18). The number of nitrogens with zero attached hydrogens (tertiary/aromatic N) is 1. The molecule has 1 heterocycles. The van der Waals surface area contributed by atoms with E-state index >= 15 is 0 Å². The molecule has 19 heavy (non-hydrogen) atoms. The van der Waals surface area contributed by atoms with Crippen LogP contribution in [0.4, 0.5) is 8.78 Å². The molecule has 1 fully saturated rings. The number of rotatable bonds is 4. The maximum atomic E-state index is 13.7. The third-order valence-electron chi connectivity index (χ3n) is 3.43. The number of carbonyl (C=O) groups excluding carboxylic acids is 1. The Labute approximate surface area is 109 Å². The highest BCUT2D eigenvalue weighted by atomic mass is 19.3. The molecule has 1 saturated carbocycles. The van der Waals surface area contributed by atoms with Crippen LogP contribution in [-0.2, 0) is 11.3 Å². The molecule has 0 radical (unpaired) electrons. The van der Waals surface area contributed by atoms with Crippen LogP contribution in [0, 0.1) is 6.92 Å². The number of pyridine rings is 1. The number of aryl methyl sites for hydroxylation is 1. The quantitative estimate of drug-likeness (QED) is 0.872. The van der Waals surface area contributed by atoms with E-state index in [1.165, 1.54) is 0 Å². The van der Waals surface area contributed by atoms with Gasteiger partial charge in [0.2, 0.25) is 0 Å². The van der Waals surface area contributed by atoms with Crippen molar-refractivity contribution in [1.29, 1.82) is 0 Å². The average molecular weight is 270 g/mol. The number of nitrogens with one attached hydrogen (secondary N) is 1. The summed E-state index contributed by atoms with van der Waals surface area (Å²) in [6.07, 6.45) is 0.422. The highest BCUT2D eigenvalue weighted by Crippen LogP contribution is 2.44. The predicted molar refractivity (Wildman–Crippen MR) is 64.6 cm³/mol. The van der Waals surface area contributed by atoms with Gasteiger partial charge in [0.15, 0.2) is 0 Å². The lowest BCUT2D eigenvalue weighted by atomic mass is 9.75. The summed E-state index contributed by atoms with van der Waals surface area (Å²) in [5.41, 5.74) is -0.933. The second kappa shape index (κ2) is 4.85. The lowest BCUT2D eigenvalue weighted by molar-refractivity contribution is -0.216. The number of halogens is 2. The van der Waals surface area contributed by atoms with Crippen LogP contribution in [0.5, 0.6) is 0 Å². The third-order valence-corrected chi connectivity index (χ3v) is 3.43. The molecule has 104 valence electrons. The van der Waals surface area contributed by atoms with E-state index in [0.29, 0.717) is 12.1 Å². The zero-order valence-electron chi connectivity index (χ0n) is 10.6. The Hall–Kier alpha value is -1.56. The van der Waals surface area contributed by atoms with Crippen LogP contribution in [0.15, 0.2) is 18.2 Å². The fourth-order valence-electron chi connectivity index (χ4n) is 2.02. The van der Waals surface area contributed by atoms with Crippen LogP contribution in [0.1, 0.15) is 30.7 Å². The van der Waals surface area contributed by atoms with Crippen molar-refractivity contribution in [3.63, 3.8) is 0 Å². The van der Waals surface area contributed by atoms with Gasteiger partial charge < -0.3 is 10.4 Å². The van der Waals surface area contributed by atoms with Crippen LogP contribution in [-0.4, -0.2) is 27.5 Å². The molecule has 6 heteroatoms. The van der Waals surface area contributed by atoms with Gasteiger partial charge in [-0.05, 0) is 38.3 Å². The zero-order chi connectivity index (χ0) is 14.1. The molecule has 0 saturated heterocycles. The van der Waals surface area contributed by atoms with Crippen molar-refractivity contribution < 1.29 is 18.7 Å². The maximum Gasteiger partial charge on any atom is 0.352 e. The minimum atomic E-state index is -3.75. The molecule has 0 unspecified atom stereocenters. The average Bonchev–Trinajstić information content (AvgIpc) is 2.32. The number of hydrogen-bond donors (Lipinski definition) is 2. The second-order valence-electron chi connectivity index (χ2n) is 4.91. The van der Waals surface area contributed by atoms with Crippen LogP contribution in [0.3, 0.4) is 0 Å². The summed E-state index contributed by atoms with van der Waals surface area (Å²) in [6, 6.07) is 5.15.